The summed E-state index contributed by atoms with van der Waals surface area (Å²) in [5, 5.41) is 0. The van der Waals surface area contributed by atoms with E-state index in [2.05, 4.69) is 11.3 Å². The highest BCUT2D eigenvalue weighted by atomic mass is 16.5. The molecule has 0 aromatic carbocycles. The van der Waals surface area contributed by atoms with Crippen molar-refractivity contribution in [3.63, 3.8) is 0 Å². The second-order valence-electron chi connectivity index (χ2n) is 1.00. The molecule has 0 atom stereocenters. The predicted molar refractivity (Wildman–Crippen MR) is 27.2 cm³/mol. The van der Waals surface area contributed by atoms with Gasteiger partial charge in [0.25, 0.3) is 0 Å². The van der Waals surface area contributed by atoms with Crippen LogP contribution in [0.3, 0.4) is 0 Å². The minimum Gasteiger partial charge on any atom is -0.455 e. The highest BCUT2D eigenvalue weighted by molar-refractivity contribution is 5.82. The summed E-state index contributed by atoms with van der Waals surface area (Å²) in [7, 11) is 0. The van der Waals surface area contributed by atoms with Gasteiger partial charge in [-0.15, -0.1) is 0 Å². The van der Waals surface area contributed by atoms with Crippen molar-refractivity contribution in [2.45, 2.75) is 0 Å². The van der Waals surface area contributed by atoms with E-state index in [0.717, 1.165) is 6.08 Å². The van der Waals surface area contributed by atoms with Crippen LogP contribution in [0.2, 0.25) is 0 Å². The molecule has 0 fully saturated rings. The zero-order valence-corrected chi connectivity index (χ0v) is 4.29. The summed E-state index contributed by atoms with van der Waals surface area (Å²) in [5.41, 5.74) is 0. The van der Waals surface area contributed by atoms with E-state index in [-0.39, 0.29) is 6.61 Å². The highest BCUT2D eigenvalue weighted by Gasteiger charge is 1.89. The fourth-order valence-corrected chi connectivity index (χ4v) is 0.175. The number of hydrogen-bond acceptors (Lipinski definition) is 3. The molecule has 0 aromatic heterocycles. The first kappa shape index (κ1) is 6.88. The summed E-state index contributed by atoms with van der Waals surface area (Å²) in [4.78, 5) is 19.6. The van der Waals surface area contributed by atoms with Crippen molar-refractivity contribution in [2.24, 2.45) is 0 Å². The molecule has 0 spiro atoms. The molecule has 44 valence electrons. The normalized spacial score (nSPS) is 7.50. The van der Waals surface area contributed by atoms with Crippen LogP contribution in [0.5, 0.6) is 0 Å². The van der Waals surface area contributed by atoms with Crippen molar-refractivity contribution >= 4 is 12.3 Å². The van der Waals surface area contributed by atoms with Crippen LogP contribution >= 0.6 is 0 Å². The molecule has 3 heteroatoms. The van der Waals surface area contributed by atoms with Crippen molar-refractivity contribution in [1.29, 1.82) is 0 Å². The van der Waals surface area contributed by atoms with Crippen molar-refractivity contribution in [1.82, 2.24) is 0 Å². The summed E-state index contributed by atoms with van der Waals surface area (Å²) < 4.78 is 4.22. The Labute approximate surface area is 46.9 Å². The minimum atomic E-state index is -0.572. The maximum Gasteiger partial charge on any atom is 0.330 e. The fraction of sp³-hybridized carbons (Fsp3) is 0.200. The van der Waals surface area contributed by atoms with Gasteiger partial charge < -0.3 is 4.74 Å². The van der Waals surface area contributed by atoms with Crippen LogP contribution < -0.4 is 0 Å². The molecule has 0 rings (SSSR count). The molecular weight excluding hydrogens is 108 g/mol. The maximum absolute atomic E-state index is 10.1. The SMILES string of the molecule is C=CC(=O)OCC=O. The first-order valence-electron chi connectivity index (χ1n) is 2.04. The monoisotopic (exact) mass is 114 g/mol. The van der Waals surface area contributed by atoms with E-state index in [1.54, 1.807) is 0 Å². The summed E-state index contributed by atoms with van der Waals surface area (Å²) in [5.74, 6) is -0.572. The standard InChI is InChI=1S/C5H6O3/c1-2-5(7)8-4-3-6/h2-3H,1,4H2. The molecule has 0 unspecified atom stereocenters. The van der Waals surface area contributed by atoms with Gasteiger partial charge in [-0.2, -0.15) is 0 Å². The Morgan fingerprint density at radius 3 is 2.75 bits per heavy atom. The number of carbonyl (C=O) groups excluding carboxylic acids is 2. The van der Waals surface area contributed by atoms with E-state index in [1.165, 1.54) is 0 Å². The van der Waals surface area contributed by atoms with Crippen molar-refractivity contribution in [3.8, 4) is 0 Å². The second kappa shape index (κ2) is 4.05. The molecule has 0 heterocycles. The van der Waals surface area contributed by atoms with Gasteiger partial charge in [-0.3, -0.25) is 4.79 Å². The van der Waals surface area contributed by atoms with E-state index < -0.39 is 5.97 Å². The number of rotatable bonds is 3. The molecular formula is C5H6O3. The molecule has 3 nitrogen and oxygen atoms in total. The average Bonchev–Trinajstić information content (AvgIpc) is 1.83. The van der Waals surface area contributed by atoms with Crippen LogP contribution in [0.25, 0.3) is 0 Å². The molecule has 0 radical (unpaired) electrons. The van der Waals surface area contributed by atoms with Crippen molar-refractivity contribution in [2.75, 3.05) is 6.61 Å². The van der Waals surface area contributed by atoms with Crippen molar-refractivity contribution < 1.29 is 14.3 Å². The van der Waals surface area contributed by atoms with Gasteiger partial charge in [0.05, 0.1) is 0 Å². The lowest BCUT2D eigenvalue weighted by atomic mass is 10.6. The second-order valence-corrected chi connectivity index (χ2v) is 1.00. The zero-order chi connectivity index (χ0) is 6.41. The molecule has 0 aliphatic heterocycles. The van der Waals surface area contributed by atoms with Crippen LogP contribution in [-0.4, -0.2) is 18.9 Å². The summed E-state index contributed by atoms with van der Waals surface area (Å²) in [6.45, 7) is 2.93. The van der Waals surface area contributed by atoms with Crippen LogP contribution in [0.1, 0.15) is 0 Å². The van der Waals surface area contributed by atoms with Crippen LogP contribution in [0.4, 0.5) is 0 Å². The summed E-state index contributed by atoms with van der Waals surface area (Å²) >= 11 is 0. The van der Waals surface area contributed by atoms with E-state index in [0.29, 0.717) is 6.29 Å². The number of esters is 1. The van der Waals surface area contributed by atoms with Crippen molar-refractivity contribution in [3.05, 3.63) is 12.7 Å². The molecule has 0 aliphatic carbocycles. The molecule has 0 amide bonds. The Balaban J connectivity index is 3.24. The van der Waals surface area contributed by atoms with Crippen LogP contribution in [-0.2, 0) is 14.3 Å². The van der Waals surface area contributed by atoms with E-state index in [1.807, 2.05) is 0 Å². The third-order valence-corrected chi connectivity index (χ3v) is 0.460. The van der Waals surface area contributed by atoms with Crippen LogP contribution in [0.15, 0.2) is 12.7 Å². The van der Waals surface area contributed by atoms with E-state index in [4.69, 9.17) is 0 Å². The first-order valence-corrected chi connectivity index (χ1v) is 2.04. The molecule has 0 saturated heterocycles. The predicted octanol–water partition coefficient (Wildman–Crippen LogP) is -0.0855. The Morgan fingerprint density at radius 1 is 1.75 bits per heavy atom. The molecule has 0 N–H and O–H groups in total. The maximum atomic E-state index is 10.1. The summed E-state index contributed by atoms with van der Waals surface area (Å²) in [6, 6.07) is 0. The molecule has 0 aromatic rings. The molecule has 0 bridgehead atoms. The smallest absolute Gasteiger partial charge is 0.330 e. The Morgan fingerprint density at radius 2 is 2.38 bits per heavy atom. The average molecular weight is 114 g/mol. The number of hydrogen-bond donors (Lipinski definition) is 0. The van der Waals surface area contributed by atoms with Gasteiger partial charge in [-0.25, -0.2) is 4.79 Å². The fourth-order valence-electron chi connectivity index (χ4n) is 0.175. The van der Waals surface area contributed by atoms with Gasteiger partial charge in [0, 0.05) is 6.08 Å². The third kappa shape index (κ3) is 3.08. The molecule has 0 aliphatic rings. The lowest BCUT2D eigenvalue weighted by molar-refractivity contribution is -0.140. The topological polar surface area (TPSA) is 43.4 Å². The summed E-state index contributed by atoms with van der Waals surface area (Å²) in [6.07, 6.45) is 1.50. The van der Waals surface area contributed by atoms with Gasteiger partial charge in [0.15, 0.2) is 6.29 Å². The van der Waals surface area contributed by atoms with Gasteiger partial charge >= 0.3 is 5.97 Å². The Bertz CT molecular complexity index is 106. The largest absolute Gasteiger partial charge is 0.455 e. The Kier molecular flexibility index (Phi) is 3.48. The van der Waals surface area contributed by atoms with E-state index in [9.17, 15) is 9.59 Å². The highest BCUT2D eigenvalue weighted by Crippen LogP contribution is 1.73. The third-order valence-electron chi connectivity index (χ3n) is 0.460. The van der Waals surface area contributed by atoms with Gasteiger partial charge in [-0.05, 0) is 0 Å². The number of ether oxygens (including phenoxy) is 1. The van der Waals surface area contributed by atoms with Gasteiger partial charge in [0.2, 0.25) is 0 Å². The molecule has 0 saturated carbocycles. The number of aldehydes is 1. The van der Waals surface area contributed by atoms with Gasteiger partial charge in [-0.1, -0.05) is 6.58 Å². The first-order chi connectivity index (χ1) is 3.81. The lowest BCUT2D eigenvalue weighted by Gasteiger charge is -1.90. The minimum absolute atomic E-state index is 0.190. The van der Waals surface area contributed by atoms with E-state index >= 15 is 0 Å². The lowest BCUT2D eigenvalue weighted by Crippen LogP contribution is -2.01. The quantitative estimate of drug-likeness (QED) is 0.292. The number of carbonyl (C=O) groups is 2. The molecule has 8 heavy (non-hydrogen) atoms. The zero-order valence-electron chi connectivity index (χ0n) is 4.29. The Hall–Kier alpha value is -1.12. The van der Waals surface area contributed by atoms with Gasteiger partial charge in [0.1, 0.15) is 6.61 Å². The van der Waals surface area contributed by atoms with Crippen LogP contribution in [0, 0.1) is 0 Å².